The van der Waals surface area contributed by atoms with Gasteiger partial charge in [-0.05, 0) is 18.1 Å². The molecule has 0 aliphatic heterocycles. The van der Waals surface area contributed by atoms with Gasteiger partial charge in [0.25, 0.3) is 0 Å². The molecule has 0 aliphatic carbocycles. The van der Waals surface area contributed by atoms with Gasteiger partial charge in [-0.3, -0.25) is 0 Å². The molecular weight excluding hydrogens is 222 g/mol. The molecular formula is C12H13NO4. The number of ether oxygens (including phenoxy) is 1. The number of para-hydroxylation sites is 1. The summed E-state index contributed by atoms with van der Waals surface area (Å²) in [4.78, 5) is 3.92. The molecule has 0 saturated carbocycles. The monoisotopic (exact) mass is 235 g/mol. The zero-order valence-electron chi connectivity index (χ0n) is 9.17. The molecule has 2 aromatic rings. The van der Waals surface area contributed by atoms with Gasteiger partial charge < -0.3 is 19.4 Å². The van der Waals surface area contributed by atoms with E-state index in [1.54, 1.807) is 6.07 Å². The van der Waals surface area contributed by atoms with Crippen LogP contribution in [-0.2, 0) is 13.0 Å². The summed E-state index contributed by atoms with van der Waals surface area (Å²) in [6.07, 6.45) is 1.92. The van der Waals surface area contributed by atoms with Crippen molar-refractivity contribution in [2.75, 3.05) is 6.61 Å². The lowest BCUT2D eigenvalue weighted by Crippen LogP contribution is -1.95. The summed E-state index contributed by atoms with van der Waals surface area (Å²) in [7, 11) is 0. The Morgan fingerprint density at radius 2 is 2.06 bits per heavy atom. The number of hydrogen-bond acceptors (Lipinski definition) is 5. The molecule has 1 heterocycles. The van der Waals surface area contributed by atoms with Crippen molar-refractivity contribution >= 4 is 0 Å². The van der Waals surface area contributed by atoms with E-state index in [2.05, 4.69) is 4.98 Å². The van der Waals surface area contributed by atoms with Crippen molar-refractivity contribution in [1.82, 2.24) is 4.98 Å². The van der Waals surface area contributed by atoms with Crippen LogP contribution in [0.1, 0.15) is 11.3 Å². The number of aliphatic hydroxyl groups excluding tert-OH is 2. The minimum Gasteiger partial charge on any atom is -0.417 e. The zero-order chi connectivity index (χ0) is 12.1. The summed E-state index contributed by atoms with van der Waals surface area (Å²) in [6, 6.07) is 7.33. The highest BCUT2D eigenvalue weighted by Gasteiger charge is 2.08. The van der Waals surface area contributed by atoms with E-state index in [0.717, 1.165) is 5.56 Å². The van der Waals surface area contributed by atoms with E-state index in [1.165, 1.54) is 6.26 Å². The molecule has 0 bridgehead atoms. The van der Waals surface area contributed by atoms with Crippen LogP contribution in [0, 0.1) is 0 Å². The average Bonchev–Trinajstić information content (AvgIpc) is 2.80. The minimum absolute atomic E-state index is 0.0495. The number of hydrogen-bond donors (Lipinski definition) is 2. The maximum absolute atomic E-state index is 8.92. The summed E-state index contributed by atoms with van der Waals surface area (Å²) >= 11 is 0. The van der Waals surface area contributed by atoms with Crippen LogP contribution in [-0.4, -0.2) is 21.8 Å². The fraction of sp³-hybridized carbons (Fsp3) is 0.250. The van der Waals surface area contributed by atoms with Crippen LogP contribution in [0.4, 0.5) is 0 Å². The lowest BCUT2D eigenvalue weighted by atomic mass is 10.1. The smallest absolute Gasteiger partial charge is 0.399 e. The zero-order valence-corrected chi connectivity index (χ0v) is 9.17. The van der Waals surface area contributed by atoms with Gasteiger partial charge >= 0.3 is 6.08 Å². The third kappa shape index (κ3) is 2.83. The fourth-order valence-corrected chi connectivity index (χ4v) is 1.43. The number of nitrogens with zero attached hydrogens (tertiary/aromatic N) is 1. The standard InChI is InChI=1S/C12H13NO4/c14-6-5-9-3-1-2-4-11(9)17-12-13-10(7-15)8-16-12/h1-4,8,14-15H,5-7H2. The molecule has 0 amide bonds. The first-order chi connectivity index (χ1) is 8.33. The van der Waals surface area contributed by atoms with Crippen LogP contribution >= 0.6 is 0 Å². The molecule has 90 valence electrons. The van der Waals surface area contributed by atoms with E-state index in [9.17, 15) is 0 Å². The van der Waals surface area contributed by atoms with Crippen LogP contribution in [0.25, 0.3) is 0 Å². The van der Waals surface area contributed by atoms with Crippen molar-refractivity contribution in [2.45, 2.75) is 13.0 Å². The largest absolute Gasteiger partial charge is 0.417 e. The summed E-state index contributed by atoms with van der Waals surface area (Å²) in [6.45, 7) is -0.140. The van der Waals surface area contributed by atoms with Gasteiger partial charge in [-0.15, -0.1) is 0 Å². The molecule has 1 aromatic heterocycles. The first-order valence-corrected chi connectivity index (χ1v) is 5.25. The summed E-state index contributed by atoms with van der Waals surface area (Å²) in [5.41, 5.74) is 1.29. The molecule has 5 nitrogen and oxygen atoms in total. The van der Waals surface area contributed by atoms with E-state index in [1.807, 2.05) is 18.2 Å². The van der Waals surface area contributed by atoms with E-state index >= 15 is 0 Å². The first kappa shape index (κ1) is 11.6. The summed E-state index contributed by atoms with van der Waals surface area (Å²) in [5, 5.41) is 17.8. The second-order valence-electron chi connectivity index (χ2n) is 3.45. The molecule has 1 aromatic carbocycles. The van der Waals surface area contributed by atoms with Gasteiger partial charge in [-0.1, -0.05) is 18.2 Å². The Bertz CT molecular complexity index is 481. The Hall–Kier alpha value is -1.85. The Morgan fingerprint density at radius 3 is 2.76 bits per heavy atom. The minimum atomic E-state index is -0.189. The number of rotatable bonds is 5. The maximum atomic E-state index is 8.92. The molecule has 0 aliphatic rings. The van der Waals surface area contributed by atoms with Crippen molar-refractivity contribution in [3.05, 3.63) is 41.8 Å². The highest BCUT2D eigenvalue weighted by Crippen LogP contribution is 2.24. The highest BCUT2D eigenvalue weighted by molar-refractivity contribution is 5.35. The average molecular weight is 235 g/mol. The fourth-order valence-electron chi connectivity index (χ4n) is 1.43. The second-order valence-corrected chi connectivity index (χ2v) is 3.45. The topological polar surface area (TPSA) is 75.7 Å². The van der Waals surface area contributed by atoms with Crippen LogP contribution in [0.3, 0.4) is 0 Å². The van der Waals surface area contributed by atoms with Gasteiger partial charge in [-0.2, -0.15) is 4.98 Å². The number of aromatic nitrogens is 1. The number of oxazole rings is 1. The Morgan fingerprint density at radius 1 is 1.24 bits per heavy atom. The maximum Gasteiger partial charge on any atom is 0.399 e. The van der Waals surface area contributed by atoms with Gasteiger partial charge in [0.05, 0.1) is 6.61 Å². The van der Waals surface area contributed by atoms with Crippen LogP contribution in [0.2, 0.25) is 0 Å². The molecule has 2 N–H and O–H groups in total. The number of aliphatic hydroxyl groups is 2. The predicted octanol–water partition coefficient (Wildman–Crippen LogP) is 1.49. The van der Waals surface area contributed by atoms with E-state index in [-0.39, 0.29) is 19.3 Å². The van der Waals surface area contributed by atoms with Gasteiger partial charge in [0.1, 0.15) is 17.7 Å². The first-order valence-electron chi connectivity index (χ1n) is 5.25. The molecule has 0 radical (unpaired) electrons. The van der Waals surface area contributed by atoms with Crippen LogP contribution in [0.5, 0.6) is 11.8 Å². The van der Waals surface area contributed by atoms with E-state index in [4.69, 9.17) is 19.4 Å². The molecule has 0 saturated heterocycles. The predicted molar refractivity (Wildman–Crippen MR) is 59.7 cm³/mol. The normalized spacial score (nSPS) is 10.5. The van der Waals surface area contributed by atoms with Crippen LogP contribution in [0.15, 0.2) is 34.9 Å². The van der Waals surface area contributed by atoms with Crippen LogP contribution < -0.4 is 4.74 Å². The molecule has 0 fully saturated rings. The van der Waals surface area contributed by atoms with Crippen molar-refractivity contribution in [1.29, 1.82) is 0 Å². The Balaban J connectivity index is 2.17. The molecule has 0 spiro atoms. The quantitative estimate of drug-likeness (QED) is 0.821. The molecule has 0 unspecified atom stereocenters. The van der Waals surface area contributed by atoms with Gasteiger partial charge in [-0.25, -0.2) is 0 Å². The molecule has 2 rings (SSSR count). The highest BCUT2D eigenvalue weighted by atomic mass is 16.6. The Labute approximate surface area is 98.3 Å². The SMILES string of the molecule is OCCc1ccccc1Oc1nc(CO)co1. The van der Waals surface area contributed by atoms with Crippen molar-refractivity contribution < 1.29 is 19.4 Å². The van der Waals surface area contributed by atoms with Crippen molar-refractivity contribution in [3.8, 4) is 11.8 Å². The summed E-state index contributed by atoms with van der Waals surface area (Å²) in [5.74, 6) is 0.591. The van der Waals surface area contributed by atoms with Gasteiger partial charge in [0.15, 0.2) is 0 Å². The second kappa shape index (κ2) is 5.47. The van der Waals surface area contributed by atoms with E-state index < -0.39 is 0 Å². The lowest BCUT2D eigenvalue weighted by Gasteiger charge is -2.06. The van der Waals surface area contributed by atoms with Crippen molar-refractivity contribution in [2.24, 2.45) is 0 Å². The summed E-state index contributed by atoms with van der Waals surface area (Å²) < 4.78 is 10.5. The van der Waals surface area contributed by atoms with Gasteiger partial charge in [0.2, 0.25) is 0 Å². The van der Waals surface area contributed by atoms with Gasteiger partial charge in [0, 0.05) is 6.61 Å². The molecule has 5 heteroatoms. The molecule has 17 heavy (non-hydrogen) atoms. The van der Waals surface area contributed by atoms with E-state index in [0.29, 0.717) is 17.9 Å². The number of benzene rings is 1. The third-order valence-electron chi connectivity index (χ3n) is 2.24. The lowest BCUT2D eigenvalue weighted by molar-refractivity contribution is 0.276. The molecule has 0 atom stereocenters. The third-order valence-corrected chi connectivity index (χ3v) is 2.24. The van der Waals surface area contributed by atoms with Crippen molar-refractivity contribution in [3.63, 3.8) is 0 Å². The Kier molecular flexibility index (Phi) is 3.74.